The van der Waals surface area contributed by atoms with Crippen molar-refractivity contribution in [2.45, 2.75) is 58.3 Å². The van der Waals surface area contributed by atoms with E-state index in [0.717, 1.165) is 41.9 Å². The fraction of sp³-hybridized carbons (Fsp3) is 0.464. The molecule has 200 valence electrons. The summed E-state index contributed by atoms with van der Waals surface area (Å²) in [4.78, 5) is 40.5. The first kappa shape index (κ1) is 26.1. The van der Waals surface area contributed by atoms with Crippen LogP contribution in [0.25, 0.3) is 0 Å². The molecule has 1 aliphatic heterocycles. The lowest BCUT2D eigenvalue weighted by Crippen LogP contribution is -2.32. The van der Waals surface area contributed by atoms with Crippen molar-refractivity contribution in [3.05, 3.63) is 57.2 Å². The topological polar surface area (TPSA) is 115 Å². The molecule has 5 rings (SSSR count). The monoisotopic (exact) mass is 536 g/mol. The zero-order valence-corrected chi connectivity index (χ0v) is 22.5. The van der Waals surface area contributed by atoms with Crippen molar-refractivity contribution in [1.82, 2.24) is 15.0 Å². The van der Waals surface area contributed by atoms with Crippen molar-refractivity contribution in [1.29, 1.82) is 0 Å². The molecule has 1 aliphatic carbocycles. The Kier molecular flexibility index (Phi) is 7.87. The Morgan fingerprint density at radius 2 is 1.89 bits per heavy atom. The Morgan fingerprint density at radius 3 is 2.58 bits per heavy atom. The van der Waals surface area contributed by atoms with Gasteiger partial charge in [-0.1, -0.05) is 12.1 Å². The standard InChI is InChI=1S/C28H32N4O5S/c1-17-23(38-16-29-17)11-13-37-28-30-18(2)25-26(31-28)36-14-12-32(27(25)35)22-9-7-21(8-10-22)20-5-3-19(4-6-20)15-24(33)34/h7-10,16,19-20H,3-6,11-15H2,1-2H3,(H,33,34). The molecule has 0 radical (unpaired) electrons. The van der Waals surface area contributed by atoms with E-state index in [2.05, 4.69) is 27.1 Å². The van der Waals surface area contributed by atoms with Crippen molar-refractivity contribution in [2.24, 2.45) is 5.92 Å². The number of amides is 1. The molecular weight excluding hydrogens is 504 g/mol. The third-order valence-corrected chi connectivity index (χ3v) is 8.44. The van der Waals surface area contributed by atoms with Gasteiger partial charge in [0.2, 0.25) is 5.88 Å². The lowest BCUT2D eigenvalue weighted by atomic mass is 9.77. The number of rotatable bonds is 8. The number of aryl methyl sites for hydroxylation is 2. The van der Waals surface area contributed by atoms with Crippen LogP contribution >= 0.6 is 11.3 Å². The normalized spacial score (nSPS) is 19.4. The Bertz CT molecular complexity index is 1300. The van der Waals surface area contributed by atoms with Gasteiger partial charge < -0.3 is 19.5 Å². The zero-order chi connectivity index (χ0) is 26.6. The highest BCUT2D eigenvalue weighted by atomic mass is 32.1. The third kappa shape index (κ3) is 5.80. The van der Waals surface area contributed by atoms with E-state index in [1.165, 1.54) is 5.56 Å². The SMILES string of the molecule is Cc1ncsc1CCOc1nc(C)c2c(n1)OCCN(c1ccc(C3CCC(CC(=O)O)CC3)cc1)C2=O. The molecule has 1 N–H and O–H groups in total. The molecule has 0 unspecified atom stereocenters. The fourth-order valence-electron chi connectivity index (χ4n) is 5.33. The van der Waals surface area contributed by atoms with Crippen LogP contribution in [0.4, 0.5) is 5.69 Å². The van der Waals surface area contributed by atoms with Gasteiger partial charge in [-0.05, 0) is 69.1 Å². The molecule has 1 fully saturated rings. The first-order valence-corrected chi connectivity index (χ1v) is 13.9. The summed E-state index contributed by atoms with van der Waals surface area (Å²) in [6, 6.07) is 8.34. The maximum atomic E-state index is 13.6. The number of fused-ring (bicyclic) bond motifs is 1. The van der Waals surface area contributed by atoms with Crippen LogP contribution in [0.1, 0.15) is 70.2 Å². The summed E-state index contributed by atoms with van der Waals surface area (Å²) in [6.07, 6.45) is 4.83. The zero-order valence-electron chi connectivity index (χ0n) is 21.7. The van der Waals surface area contributed by atoms with Gasteiger partial charge in [0.15, 0.2) is 0 Å². The second-order valence-corrected chi connectivity index (χ2v) is 10.9. The lowest BCUT2D eigenvalue weighted by molar-refractivity contribution is -0.138. The first-order valence-electron chi connectivity index (χ1n) is 13.1. The van der Waals surface area contributed by atoms with Crippen molar-refractivity contribution in [2.75, 3.05) is 24.7 Å². The molecule has 2 aromatic heterocycles. The predicted molar refractivity (Wildman–Crippen MR) is 143 cm³/mol. The van der Waals surface area contributed by atoms with Crippen LogP contribution in [-0.2, 0) is 11.2 Å². The molecule has 3 heterocycles. The highest BCUT2D eigenvalue weighted by molar-refractivity contribution is 7.09. The molecule has 2 aliphatic rings. The van der Waals surface area contributed by atoms with Gasteiger partial charge in [-0.25, -0.2) is 4.98 Å². The number of carbonyl (C=O) groups excluding carboxylic acids is 1. The van der Waals surface area contributed by atoms with E-state index in [0.29, 0.717) is 43.4 Å². The van der Waals surface area contributed by atoms with Crippen LogP contribution in [0, 0.1) is 19.8 Å². The van der Waals surface area contributed by atoms with E-state index < -0.39 is 5.97 Å². The second-order valence-electron chi connectivity index (χ2n) is 9.94. The van der Waals surface area contributed by atoms with E-state index in [9.17, 15) is 9.59 Å². The van der Waals surface area contributed by atoms with Crippen molar-refractivity contribution < 1.29 is 24.2 Å². The molecule has 0 atom stereocenters. The number of benzene rings is 1. The van der Waals surface area contributed by atoms with Gasteiger partial charge in [0.1, 0.15) is 12.2 Å². The lowest BCUT2D eigenvalue weighted by Gasteiger charge is -2.28. The Labute approximate surface area is 225 Å². The molecule has 1 amide bonds. The molecule has 9 nitrogen and oxygen atoms in total. The number of carboxylic acids is 1. The molecule has 1 aromatic carbocycles. The summed E-state index contributed by atoms with van der Waals surface area (Å²) in [5.74, 6) is 0.0491. The van der Waals surface area contributed by atoms with Crippen LogP contribution in [0.15, 0.2) is 29.8 Å². The number of carboxylic acid groups (broad SMARTS) is 1. The molecule has 1 saturated carbocycles. The number of nitrogens with zero attached hydrogens (tertiary/aromatic N) is 4. The van der Waals surface area contributed by atoms with E-state index in [-0.39, 0.29) is 30.1 Å². The summed E-state index contributed by atoms with van der Waals surface area (Å²) in [6.45, 7) is 4.87. The second kappa shape index (κ2) is 11.5. The van der Waals surface area contributed by atoms with Crippen LogP contribution in [0.2, 0.25) is 0 Å². The molecular formula is C28H32N4O5S. The number of hydrogen-bond acceptors (Lipinski definition) is 8. The van der Waals surface area contributed by atoms with Gasteiger partial charge in [0, 0.05) is 23.4 Å². The number of aromatic nitrogens is 3. The summed E-state index contributed by atoms with van der Waals surface area (Å²) in [5.41, 5.74) is 5.73. The van der Waals surface area contributed by atoms with Gasteiger partial charge in [-0.2, -0.15) is 9.97 Å². The Hall–Kier alpha value is -3.53. The number of hydrogen-bond donors (Lipinski definition) is 1. The summed E-state index contributed by atoms with van der Waals surface area (Å²) in [5, 5.41) is 9.05. The minimum atomic E-state index is -0.711. The first-order chi connectivity index (χ1) is 18.4. The average Bonchev–Trinajstić information content (AvgIpc) is 3.22. The highest BCUT2D eigenvalue weighted by Gasteiger charge is 2.30. The number of ether oxygens (including phenoxy) is 2. The van der Waals surface area contributed by atoms with E-state index in [4.69, 9.17) is 14.6 Å². The van der Waals surface area contributed by atoms with Crippen molar-refractivity contribution >= 4 is 28.9 Å². The molecule has 0 spiro atoms. The van der Waals surface area contributed by atoms with Crippen molar-refractivity contribution in [3.63, 3.8) is 0 Å². The maximum Gasteiger partial charge on any atom is 0.319 e. The van der Waals surface area contributed by atoms with E-state index in [1.807, 2.05) is 24.6 Å². The Balaban J connectivity index is 1.25. The van der Waals surface area contributed by atoms with Gasteiger partial charge in [-0.15, -0.1) is 11.3 Å². The Morgan fingerprint density at radius 1 is 1.13 bits per heavy atom. The number of anilines is 1. The number of aliphatic carboxylic acids is 1. The van der Waals surface area contributed by atoms with Gasteiger partial charge in [-0.3, -0.25) is 9.59 Å². The van der Waals surface area contributed by atoms with Gasteiger partial charge in [0.25, 0.3) is 5.91 Å². The molecule has 0 saturated heterocycles. The molecule has 3 aromatic rings. The van der Waals surface area contributed by atoms with Crippen LogP contribution in [-0.4, -0.2) is 51.7 Å². The number of thiazole rings is 1. The van der Waals surface area contributed by atoms with Crippen LogP contribution in [0.5, 0.6) is 11.9 Å². The minimum absolute atomic E-state index is 0.191. The molecule has 0 bridgehead atoms. The summed E-state index contributed by atoms with van der Waals surface area (Å²) in [7, 11) is 0. The maximum absolute atomic E-state index is 13.6. The number of carbonyl (C=O) groups is 2. The average molecular weight is 537 g/mol. The summed E-state index contributed by atoms with van der Waals surface area (Å²) < 4.78 is 11.7. The van der Waals surface area contributed by atoms with Crippen LogP contribution in [0.3, 0.4) is 0 Å². The quantitative estimate of drug-likeness (QED) is 0.430. The van der Waals surface area contributed by atoms with Crippen molar-refractivity contribution in [3.8, 4) is 11.9 Å². The minimum Gasteiger partial charge on any atom is -0.481 e. The predicted octanol–water partition coefficient (Wildman–Crippen LogP) is 4.96. The van der Waals surface area contributed by atoms with E-state index in [1.54, 1.807) is 23.2 Å². The van der Waals surface area contributed by atoms with Crippen LogP contribution < -0.4 is 14.4 Å². The van der Waals surface area contributed by atoms with Gasteiger partial charge >= 0.3 is 12.0 Å². The largest absolute Gasteiger partial charge is 0.481 e. The smallest absolute Gasteiger partial charge is 0.319 e. The van der Waals surface area contributed by atoms with E-state index >= 15 is 0 Å². The molecule has 38 heavy (non-hydrogen) atoms. The fourth-order valence-corrected chi connectivity index (χ4v) is 6.09. The highest BCUT2D eigenvalue weighted by Crippen LogP contribution is 2.38. The summed E-state index contributed by atoms with van der Waals surface area (Å²) >= 11 is 1.60. The third-order valence-electron chi connectivity index (χ3n) is 7.44. The van der Waals surface area contributed by atoms with Gasteiger partial charge in [0.05, 0.1) is 30.1 Å². The molecule has 10 heteroatoms.